The number of fused-ring (bicyclic) bond motifs is 1. The molecule has 1 saturated heterocycles. The number of phenols is 1. The fourth-order valence-electron chi connectivity index (χ4n) is 4.35. The maximum Gasteiger partial charge on any atom is 0.317 e. The Kier molecular flexibility index (Phi) is 4.98. The smallest absolute Gasteiger partial charge is 0.317 e. The molecule has 2 N–H and O–H groups in total. The molecule has 0 saturated carbocycles. The van der Waals surface area contributed by atoms with E-state index in [-0.39, 0.29) is 35.0 Å². The van der Waals surface area contributed by atoms with Gasteiger partial charge in [-0.1, -0.05) is 12.1 Å². The number of urea groups is 1. The first-order chi connectivity index (χ1) is 13.8. The molecule has 0 radical (unpaired) electrons. The van der Waals surface area contributed by atoms with E-state index in [2.05, 4.69) is 5.32 Å². The van der Waals surface area contributed by atoms with Crippen molar-refractivity contribution in [2.24, 2.45) is 5.41 Å². The second-order valence-electron chi connectivity index (χ2n) is 8.00. The molecule has 1 spiro atoms. The van der Waals surface area contributed by atoms with E-state index < -0.39 is 11.6 Å². The van der Waals surface area contributed by atoms with Crippen LogP contribution in [0.25, 0.3) is 0 Å². The van der Waals surface area contributed by atoms with Crippen molar-refractivity contribution in [3.63, 3.8) is 0 Å². The van der Waals surface area contributed by atoms with Crippen molar-refractivity contribution in [3.8, 4) is 5.75 Å². The molecule has 1 heterocycles. The number of phenolic OH excluding ortho intramolecular Hbond substituents is 1. The fourth-order valence-corrected chi connectivity index (χ4v) is 4.35. The van der Waals surface area contributed by atoms with Gasteiger partial charge in [-0.15, -0.1) is 0 Å². The third-order valence-electron chi connectivity index (χ3n) is 6.04. The van der Waals surface area contributed by atoms with Crippen LogP contribution in [0.15, 0.2) is 36.4 Å². The van der Waals surface area contributed by atoms with Crippen LogP contribution in [0.1, 0.15) is 40.7 Å². The predicted octanol–water partition coefficient (Wildman–Crippen LogP) is 3.79. The Hall–Kier alpha value is -2.96. The van der Waals surface area contributed by atoms with Crippen LogP contribution in [0.4, 0.5) is 13.6 Å². The van der Waals surface area contributed by atoms with Gasteiger partial charge < -0.3 is 15.3 Å². The van der Waals surface area contributed by atoms with Gasteiger partial charge in [-0.2, -0.15) is 0 Å². The van der Waals surface area contributed by atoms with Gasteiger partial charge in [0.1, 0.15) is 17.4 Å². The molecular formula is C22H22F2N2O3. The Labute approximate surface area is 167 Å². The highest BCUT2D eigenvalue weighted by atomic mass is 19.1. The van der Waals surface area contributed by atoms with E-state index in [1.165, 1.54) is 0 Å². The maximum atomic E-state index is 14.3. The molecule has 1 fully saturated rings. The summed E-state index contributed by atoms with van der Waals surface area (Å²) in [5.41, 5.74) is 0.952. The number of piperidine rings is 1. The molecule has 7 heteroatoms. The number of carbonyl (C=O) groups is 2. The summed E-state index contributed by atoms with van der Waals surface area (Å²) in [7, 11) is 0. The van der Waals surface area contributed by atoms with Gasteiger partial charge in [0.15, 0.2) is 5.78 Å². The third kappa shape index (κ3) is 3.95. The molecule has 0 unspecified atom stereocenters. The minimum absolute atomic E-state index is 0.155. The lowest BCUT2D eigenvalue weighted by Crippen LogP contribution is -2.49. The lowest BCUT2D eigenvalue weighted by atomic mass is 9.66. The van der Waals surface area contributed by atoms with E-state index in [0.29, 0.717) is 44.5 Å². The second-order valence-corrected chi connectivity index (χ2v) is 8.00. The topological polar surface area (TPSA) is 69.6 Å². The number of likely N-dealkylation sites (tertiary alicyclic amines) is 1. The van der Waals surface area contributed by atoms with Crippen LogP contribution >= 0.6 is 0 Å². The summed E-state index contributed by atoms with van der Waals surface area (Å²) >= 11 is 0. The fraction of sp³-hybridized carbons (Fsp3) is 0.364. The molecule has 2 aromatic rings. The van der Waals surface area contributed by atoms with E-state index in [1.54, 1.807) is 29.2 Å². The molecule has 152 valence electrons. The number of halogens is 2. The van der Waals surface area contributed by atoms with Crippen molar-refractivity contribution in [1.29, 1.82) is 0 Å². The molecule has 5 nitrogen and oxygen atoms in total. The lowest BCUT2D eigenvalue weighted by Gasteiger charge is -2.44. The van der Waals surface area contributed by atoms with Crippen LogP contribution in [0.3, 0.4) is 0 Å². The predicted molar refractivity (Wildman–Crippen MR) is 103 cm³/mol. The molecule has 1 aliphatic heterocycles. The third-order valence-corrected chi connectivity index (χ3v) is 6.04. The molecular weight excluding hydrogens is 378 g/mol. The number of ketones is 1. The Bertz CT molecular complexity index is 951. The van der Waals surface area contributed by atoms with E-state index >= 15 is 0 Å². The summed E-state index contributed by atoms with van der Waals surface area (Å²) in [4.78, 5) is 26.7. The van der Waals surface area contributed by atoms with Crippen LogP contribution in [0.2, 0.25) is 0 Å². The zero-order chi connectivity index (χ0) is 20.6. The van der Waals surface area contributed by atoms with E-state index in [1.807, 2.05) is 0 Å². The molecule has 2 amide bonds. The van der Waals surface area contributed by atoms with Gasteiger partial charge >= 0.3 is 6.03 Å². The number of amides is 2. The van der Waals surface area contributed by atoms with Crippen LogP contribution in [-0.2, 0) is 13.0 Å². The lowest BCUT2D eigenvalue weighted by molar-refractivity contribution is 0.0729. The summed E-state index contributed by atoms with van der Waals surface area (Å²) in [6.45, 7) is 1.31. The number of Topliss-reactive ketones (excluding diaryl/α,β-unsaturated/α-hetero) is 1. The largest absolute Gasteiger partial charge is 0.508 e. The number of benzene rings is 2. The summed E-state index contributed by atoms with van der Waals surface area (Å²) in [6.07, 6.45) is 1.85. The Morgan fingerprint density at radius 2 is 1.79 bits per heavy atom. The van der Waals surface area contributed by atoms with Gasteiger partial charge in [-0.3, -0.25) is 4.79 Å². The number of aromatic hydroxyl groups is 1. The normalized spacial score (nSPS) is 17.9. The van der Waals surface area contributed by atoms with Gasteiger partial charge in [0.25, 0.3) is 0 Å². The van der Waals surface area contributed by atoms with E-state index in [0.717, 1.165) is 17.7 Å². The zero-order valence-electron chi connectivity index (χ0n) is 15.9. The van der Waals surface area contributed by atoms with Gasteiger partial charge in [0, 0.05) is 37.7 Å². The standard InChI is InChI=1S/C22H22F2N2O3/c23-15-9-17-18(19(24)10-15)11-22(12-20(17)28)5-7-26(8-6-22)21(29)25-13-14-1-3-16(27)4-2-14/h1-4,9-10,27H,5-8,11-13H2,(H,25,29). The summed E-state index contributed by atoms with van der Waals surface area (Å²) in [5.74, 6) is -1.45. The number of nitrogens with zero attached hydrogens (tertiary/aromatic N) is 1. The SMILES string of the molecule is O=C1CC2(CCN(C(=O)NCc3ccc(O)cc3)CC2)Cc2c(F)cc(F)cc21. The van der Waals surface area contributed by atoms with E-state index in [9.17, 15) is 23.5 Å². The first kappa shape index (κ1) is 19.4. The van der Waals surface area contributed by atoms with Crippen molar-refractivity contribution in [3.05, 3.63) is 64.7 Å². The van der Waals surface area contributed by atoms with Crippen LogP contribution in [-0.4, -0.2) is 34.9 Å². The highest BCUT2D eigenvalue weighted by Gasteiger charge is 2.42. The molecule has 2 aliphatic rings. The van der Waals surface area contributed by atoms with Gasteiger partial charge in [-0.25, -0.2) is 13.6 Å². The Morgan fingerprint density at radius 3 is 2.48 bits per heavy atom. The Balaban J connectivity index is 1.38. The average molecular weight is 400 g/mol. The highest BCUT2D eigenvalue weighted by Crippen LogP contribution is 2.44. The molecule has 29 heavy (non-hydrogen) atoms. The van der Waals surface area contributed by atoms with Gasteiger partial charge in [0.05, 0.1) is 0 Å². The highest BCUT2D eigenvalue weighted by molar-refractivity contribution is 5.99. The molecule has 2 aromatic carbocycles. The number of nitrogens with one attached hydrogen (secondary N) is 1. The van der Waals surface area contributed by atoms with Gasteiger partial charge in [-0.05, 0) is 54.0 Å². The monoisotopic (exact) mass is 400 g/mol. The minimum atomic E-state index is -0.731. The number of rotatable bonds is 2. The van der Waals surface area contributed by atoms with Crippen molar-refractivity contribution < 1.29 is 23.5 Å². The molecule has 4 rings (SSSR count). The Morgan fingerprint density at radius 1 is 1.10 bits per heavy atom. The minimum Gasteiger partial charge on any atom is -0.508 e. The second kappa shape index (κ2) is 7.46. The number of carbonyl (C=O) groups excluding carboxylic acids is 2. The first-order valence-electron chi connectivity index (χ1n) is 9.67. The van der Waals surface area contributed by atoms with Crippen molar-refractivity contribution in [2.45, 2.75) is 32.2 Å². The van der Waals surface area contributed by atoms with Crippen molar-refractivity contribution in [2.75, 3.05) is 13.1 Å². The molecule has 1 aliphatic carbocycles. The molecule has 0 aromatic heterocycles. The molecule has 0 bridgehead atoms. The quantitative estimate of drug-likeness (QED) is 0.806. The van der Waals surface area contributed by atoms with Crippen LogP contribution in [0, 0.1) is 17.0 Å². The van der Waals surface area contributed by atoms with Gasteiger partial charge in [0.2, 0.25) is 0 Å². The zero-order valence-corrected chi connectivity index (χ0v) is 15.9. The van der Waals surface area contributed by atoms with E-state index in [4.69, 9.17) is 0 Å². The van der Waals surface area contributed by atoms with Crippen LogP contribution < -0.4 is 5.32 Å². The molecule has 0 atom stereocenters. The van der Waals surface area contributed by atoms with Crippen molar-refractivity contribution >= 4 is 11.8 Å². The summed E-state index contributed by atoms with van der Waals surface area (Å²) in [5, 5.41) is 12.2. The number of hydrogen-bond acceptors (Lipinski definition) is 3. The first-order valence-corrected chi connectivity index (χ1v) is 9.67. The average Bonchev–Trinajstić information content (AvgIpc) is 2.69. The van der Waals surface area contributed by atoms with Crippen molar-refractivity contribution in [1.82, 2.24) is 10.2 Å². The maximum absolute atomic E-state index is 14.3. The van der Waals surface area contributed by atoms with Crippen LogP contribution in [0.5, 0.6) is 5.75 Å². The summed E-state index contributed by atoms with van der Waals surface area (Å²) in [6, 6.07) is 8.37. The summed E-state index contributed by atoms with van der Waals surface area (Å²) < 4.78 is 27.7. The number of hydrogen-bond donors (Lipinski definition) is 2.